The molecule has 0 unspecified atom stereocenters. The van der Waals surface area contributed by atoms with Crippen molar-refractivity contribution in [3.8, 4) is 0 Å². The second-order valence-electron chi connectivity index (χ2n) is 4.47. The summed E-state index contributed by atoms with van der Waals surface area (Å²) in [4.78, 5) is 0. The quantitative estimate of drug-likeness (QED) is 0.806. The molecular weight excluding hydrogens is 298 g/mol. The highest BCUT2D eigenvalue weighted by atomic mass is 79.9. The van der Waals surface area contributed by atoms with Crippen molar-refractivity contribution in [2.75, 3.05) is 11.5 Å². The molecule has 2 aromatic rings. The van der Waals surface area contributed by atoms with Crippen molar-refractivity contribution in [2.24, 2.45) is 0 Å². The van der Waals surface area contributed by atoms with Gasteiger partial charge in [0, 0.05) is 4.47 Å². The smallest absolute Gasteiger partial charge is 0.113 e. The van der Waals surface area contributed by atoms with Crippen molar-refractivity contribution in [2.45, 2.75) is 25.8 Å². The highest BCUT2D eigenvalue weighted by Crippen LogP contribution is 2.30. The van der Waals surface area contributed by atoms with Gasteiger partial charge in [-0.15, -0.1) is 5.10 Å². The van der Waals surface area contributed by atoms with Crippen LogP contribution in [0, 0.1) is 6.92 Å². The highest BCUT2D eigenvalue weighted by molar-refractivity contribution is 9.10. The molecule has 0 bridgehead atoms. The first-order valence-corrected chi connectivity index (χ1v) is 7.79. The number of fused-ring (bicyclic) bond motifs is 1. The summed E-state index contributed by atoms with van der Waals surface area (Å²) in [5.74, 6) is 2.47. The third-order valence-electron chi connectivity index (χ3n) is 3.29. The number of hydrogen-bond donors (Lipinski definition) is 0. The molecule has 1 aromatic heterocycles. The summed E-state index contributed by atoms with van der Waals surface area (Å²) < 4.78 is 3.25. The molecule has 1 aliphatic rings. The van der Waals surface area contributed by atoms with E-state index in [9.17, 15) is 0 Å². The number of rotatable bonds is 1. The molecule has 0 radical (unpaired) electrons. The topological polar surface area (TPSA) is 30.7 Å². The lowest BCUT2D eigenvalue weighted by Crippen LogP contribution is -2.16. The summed E-state index contributed by atoms with van der Waals surface area (Å²) in [5.41, 5.74) is 3.37. The van der Waals surface area contributed by atoms with Crippen LogP contribution in [-0.4, -0.2) is 26.5 Å². The maximum atomic E-state index is 4.34. The Balaban J connectivity index is 2.07. The zero-order chi connectivity index (χ0) is 11.8. The maximum absolute atomic E-state index is 4.34. The van der Waals surface area contributed by atoms with Gasteiger partial charge in [-0.05, 0) is 49.0 Å². The van der Waals surface area contributed by atoms with Gasteiger partial charge in [0.1, 0.15) is 5.52 Å². The Labute approximate surface area is 113 Å². The Morgan fingerprint density at radius 2 is 2.12 bits per heavy atom. The number of hydrogen-bond acceptors (Lipinski definition) is 3. The molecule has 3 rings (SSSR count). The lowest BCUT2D eigenvalue weighted by atomic mass is 10.1. The van der Waals surface area contributed by atoms with Gasteiger partial charge in [0.05, 0.1) is 11.6 Å². The van der Waals surface area contributed by atoms with E-state index in [-0.39, 0.29) is 0 Å². The van der Waals surface area contributed by atoms with Gasteiger partial charge in [-0.1, -0.05) is 21.1 Å². The van der Waals surface area contributed by atoms with Crippen molar-refractivity contribution >= 4 is 38.7 Å². The molecule has 0 aliphatic carbocycles. The average Bonchev–Trinajstić information content (AvgIpc) is 2.74. The fraction of sp³-hybridized carbons (Fsp3) is 0.500. The second kappa shape index (κ2) is 4.61. The van der Waals surface area contributed by atoms with E-state index in [0.29, 0.717) is 6.04 Å². The Hall–Kier alpha value is -0.550. The van der Waals surface area contributed by atoms with Gasteiger partial charge in [0.25, 0.3) is 0 Å². The largest absolute Gasteiger partial charge is 0.242 e. The van der Waals surface area contributed by atoms with Crippen LogP contribution in [0.3, 0.4) is 0 Å². The second-order valence-corrected chi connectivity index (χ2v) is 6.55. The van der Waals surface area contributed by atoms with Crippen molar-refractivity contribution < 1.29 is 0 Å². The van der Waals surface area contributed by atoms with Crippen molar-refractivity contribution in [1.29, 1.82) is 0 Å². The molecule has 0 spiro atoms. The number of aromatic nitrogens is 3. The first-order chi connectivity index (χ1) is 8.25. The highest BCUT2D eigenvalue weighted by Gasteiger charge is 2.19. The molecule has 3 nitrogen and oxygen atoms in total. The number of halogens is 1. The van der Waals surface area contributed by atoms with Gasteiger partial charge in [-0.3, -0.25) is 0 Å². The predicted molar refractivity (Wildman–Crippen MR) is 75.6 cm³/mol. The fourth-order valence-corrected chi connectivity index (χ4v) is 3.68. The van der Waals surface area contributed by atoms with Crippen LogP contribution in [0.4, 0.5) is 0 Å². The molecule has 0 amide bonds. The van der Waals surface area contributed by atoms with E-state index in [1.807, 2.05) is 11.8 Å². The van der Waals surface area contributed by atoms with Crippen LogP contribution in [-0.2, 0) is 0 Å². The minimum Gasteiger partial charge on any atom is -0.242 e. The summed E-state index contributed by atoms with van der Waals surface area (Å²) in [6.45, 7) is 2.08. The molecule has 0 atom stereocenters. The molecular formula is C12H14BrN3S. The van der Waals surface area contributed by atoms with Gasteiger partial charge in [-0.25, -0.2) is 4.68 Å². The van der Waals surface area contributed by atoms with Crippen LogP contribution in [0.1, 0.15) is 24.4 Å². The molecule has 90 valence electrons. The number of nitrogens with zero attached hydrogens (tertiary/aromatic N) is 3. The van der Waals surface area contributed by atoms with E-state index in [2.05, 4.69) is 50.0 Å². The third-order valence-corrected chi connectivity index (χ3v) is 5.19. The lowest BCUT2D eigenvalue weighted by Gasteiger charge is -2.21. The lowest BCUT2D eigenvalue weighted by molar-refractivity contribution is 0.428. The summed E-state index contributed by atoms with van der Waals surface area (Å²) in [7, 11) is 0. The molecule has 5 heteroatoms. The zero-order valence-corrected chi connectivity index (χ0v) is 12.1. The van der Waals surface area contributed by atoms with Crippen molar-refractivity contribution in [3.63, 3.8) is 0 Å². The summed E-state index contributed by atoms with van der Waals surface area (Å²) >= 11 is 5.62. The first-order valence-electron chi connectivity index (χ1n) is 5.84. The Kier molecular flexibility index (Phi) is 3.13. The van der Waals surface area contributed by atoms with Gasteiger partial charge in [0.15, 0.2) is 0 Å². The average molecular weight is 312 g/mol. The molecule has 1 saturated heterocycles. The Bertz CT molecular complexity index is 546. The molecule has 17 heavy (non-hydrogen) atoms. The normalized spacial score (nSPS) is 17.8. The van der Waals surface area contributed by atoms with E-state index in [1.54, 1.807) is 0 Å². The monoisotopic (exact) mass is 311 g/mol. The minimum atomic E-state index is 0.524. The molecule has 0 N–H and O–H groups in total. The molecule has 1 aliphatic heterocycles. The minimum absolute atomic E-state index is 0.524. The molecule has 2 heterocycles. The van der Waals surface area contributed by atoms with Crippen molar-refractivity contribution in [1.82, 2.24) is 15.0 Å². The first kappa shape index (κ1) is 11.5. The van der Waals surface area contributed by atoms with Crippen LogP contribution < -0.4 is 0 Å². The number of thioether (sulfide) groups is 1. The standard InChI is InChI=1S/C12H14BrN3S/c1-8-6-11-12(7-10(8)13)16(15-14-11)9-2-4-17-5-3-9/h6-7,9H,2-5H2,1H3. The van der Waals surface area contributed by atoms with E-state index < -0.39 is 0 Å². The fourth-order valence-electron chi connectivity index (χ4n) is 2.26. The van der Waals surface area contributed by atoms with Crippen LogP contribution in [0.15, 0.2) is 16.6 Å². The molecule has 1 fully saturated rings. The summed E-state index contributed by atoms with van der Waals surface area (Å²) in [6, 6.07) is 4.77. The van der Waals surface area contributed by atoms with Gasteiger partial charge in [0.2, 0.25) is 0 Å². The Morgan fingerprint density at radius 3 is 2.88 bits per heavy atom. The van der Waals surface area contributed by atoms with Gasteiger partial charge >= 0.3 is 0 Å². The van der Waals surface area contributed by atoms with Gasteiger partial charge < -0.3 is 0 Å². The van der Waals surface area contributed by atoms with Crippen LogP contribution in [0.25, 0.3) is 11.0 Å². The summed E-state index contributed by atoms with van der Waals surface area (Å²) in [5, 5.41) is 8.62. The van der Waals surface area contributed by atoms with Crippen LogP contribution in [0.2, 0.25) is 0 Å². The summed E-state index contributed by atoms with van der Waals surface area (Å²) in [6.07, 6.45) is 2.41. The van der Waals surface area contributed by atoms with Crippen LogP contribution >= 0.6 is 27.7 Å². The third kappa shape index (κ3) is 2.10. The number of benzene rings is 1. The predicted octanol–water partition coefficient (Wildman–Crippen LogP) is 3.57. The van der Waals surface area contributed by atoms with E-state index in [1.165, 1.54) is 29.9 Å². The SMILES string of the molecule is Cc1cc2nnn(C3CCSCC3)c2cc1Br. The van der Waals surface area contributed by atoms with E-state index >= 15 is 0 Å². The molecule has 1 aromatic carbocycles. The van der Waals surface area contributed by atoms with Crippen LogP contribution in [0.5, 0.6) is 0 Å². The van der Waals surface area contributed by atoms with Gasteiger partial charge in [-0.2, -0.15) is 11.8 Å². The van der Waals surface area contributed by atoms with E-state index in [0.717, 1.165) is 15.5 Å². The maximum Gasteiger partial charge on any atom is 0.113 e. The molecule has 0 saturated carbocycles. The zero-order valence-electron chi connectivity index (χ0n) is 9.69. The number of aryl methyl sites for hydroxylation is 1. The van der Waals surface area contributed by atoms with E-state index in [4.69, 9.17) is 0 Å². The Morgan fingerprint density at radius 1 is 1.35 bits per heavy atom. The van der Waals surface area contributed by atoms with Crippen molar-refractivity contribution in [3.05, 3.63) is 22.2 Å².